The van der Waals surface area contributed by atoms with Crippen LogP contribution in [-0.4, -0.2) is 12.1 Å². The molecule has 0 amide bonds. The van der Waals surface area contributed by atoms with Crippen molar-refractivity contribution in [2.75, 3.05) is 0 Å². The predicted molar refractivity (Wildman–Crippen MR) is 38.6 cm³/mol. The van der Waals surface area contributed by atoms with E-state index in [2.05, 4.69) is 0 Å². The van der Waals surface area contributed by atoms with Crippen LogP contribution in [0.2, 0.25) is 0 Å². The molecule has 0 heterocycles. The Labute approximate surface area is 72.6 Å². The fourth-order valence-corrected chi connectivity index (χ4v) is 0. The maximum atomic E-state index is 5.11. The third-order valence-electron chi connectivity index (χ3n) is 0. The van der Waals surface area contributed by atoms with Gasteiger partial charge >= 0.3 is 21.1 Å². The van der Waals surface area contributed by atoms with Gasteiger partial charge in [-0.3, -0.25) is 0 Å². The van der Waals surface area contributed by atoms with Gasteiger partial charge in [0.2, 0.25) is 0 Å². The van der Waals surface area contributed by atoms with Crippen LogP contribution in [0.3, 0.4) is 0 Å². The molecule has 0 aliphatic heterocycles. The SMILES string of the molecule is CC(C)N.CC(C)N.[Pt+2]. The van der Waals surface area contributed by atoms with Crippen LogP contribution >= 0.6 is 0 Å². The van der Waals surface area contributed by atoms with Crippen molar-refractivity contribution in [3.05, 3.63) is 0 Å². The minimum Gasteiger partial charge on any atom is -0.328 e. The van der Waals surface area contributed by atoms with Crippen LogP contribution in [0.25, 0.3) is 0 Å². The summed E-state index contributed by atoms with van der Waals surface area (Å²) in [5.41, 5.74) is 10.2. The maximum Gasteiger partial charge on any atom is 2.00 e. The molecule has 0 saturated carbocycles. The van der Waals surface area contributed by atoms with E-state index >= 15 is 0 Å². The van der Waals surface area contributed by atoms with Crippen molar-refractivity contribution >= 4 is 0 Å². The molecule has 60 valence electrons. The Morgan fingerprint density at radius 1 is 0.778 bits per heavy atom. The Bertz CT molecular complexity index is 26.5. The van der Waals surface area contributed by atoms with E-state index in [1.54, 1.807) is 0 Å². The van der Waals surface area contributed by atoms with E-state index in [9.17, 15) is 0 Å². The molecule has 2 nitrogen and oxygen atoms in total. The van der Waals surface area contributed by atoms with Crippen molar-refractivity contribution in [3.8, 4) is 0 Å². The predicted octanol–water partition coefficient (Wildman–Crippen LogP) is 0.705. The van der Waals surface area contributed by atoms with Gasteiger partial charge in [0.05, 0.1) is 0 Å². The molecule has 0 aliphatic carbocycles. The minimum atomic E-state index is 0. The maximum absolute atomic E-state index is 5.11. The van der Waals surface area contributed by atoms with Crippen molar-refractivity contribution in [2.24, 2.45) is 11.5 Å². The van der Waals surface area contributed by atoms with E-state index in [0.29, 0.717) is 12.1 Å². The Hall–Kier alpha value is 0.608. The van der Waals surface area contributed by atoms with Crippen LogP contribution in [0.4, 0.5) is 0 Å². The third kappa shape index (κ3) is 1020. The second-order valence-electron chi connectivity index (χ2n) is 2.49. The average molecular weight is 313 g/mol. The van der Waals surface area contributed by atoms with Crippen LogP contribution in [0, 0.1) is 0 Å². The zero-order chi connectivity index (χ0) is 7.15. The molecule has 0 bridgehead atoms. The molecule has 3 heteroatoms. The second kappa shape index (κ2) is 11.4. The summed E-state index contributed by atoms with van der Waals surface area (Å²) in [6, 6.07) is 0.667. The number of hydrogen-bond donors (Lipinski definition) is 2. The Morgan fingerprint density at radius 3 is 0.778 bits per heavy atom. The smallest absolute Gasteiger partial charge is 0.328 e. The molecule has 9 heavy (non-hydrogen) atoms. The second-order valence-corrected chi connectivity index (χ2v) is 2.49. The first-order valence-corrected chi connectivity index (χ1v) is 2.98. The number of hydrogen-bond acceptors (Lipinski definition) is 2. The molecule has 0 aromatic carbocycles. The summed E-state index contributed by atoms with van der Waals surface area (Å²) in [7, 11) is 0. The fraction of sp³-hybridized carbons (Fsp3) is 1.00. The first kappa shape index (κ1) is 16.3. The van der Waals surface area contributed by atoms with E-state index in [-0.39, 0.29) is 21.1 Å². The van der Waals surface area contributed by atoms with E-state index in [1.165, 1.54) is 0 Å². The summed E-state index contributed by atoms with van der Waals surface area (Å²) in [5, 5.41) is 0. The Morgan fingerprint density at radius 2 is 0.778 bits per heavy atom. The van der Waals surface area contributed by atoms with E-state index in [0.717, 1.165) is 0 Å². The quantitative estimate of drug-likeness (QED) is 0.692. The van der Waals surface area contributed by atoms with Crippen LogP contribution in [0.5, 0.6) is 0 Å². The molecule has 0 aliphatic rings. The zero-order valence-corrected chi connectivity index (χ0v) is 8.90. The van der Waals surface area contributed by atoms with E-state index in [4.69, 9.17) is 11.5 Å². The summed E-state index contributed by atoms with van der Waals surface area (Å²) in [5.74, 6) is 0. The molecular weight excluding hydrogens is 295 g/mol. The van der Waals surface area contributed by atoms with Crippen LogP contribution < -0.4 is 11.5 Å². The molecule has 0 unspecified atom stereocenters. The van der Waals surface area contributed by atoms with Gasteiger partial charge in [0.1, 0.15) is 0 Å². The van der Waals surface area contributed by atoms with Gasteiger partial charge < -0.3 is 11.5 Å². The van der Waals surface area contributed by atoms with Gasteiger partial charge in [-0.1, -0.05) is 27.7 Å². The van der Waals surface area contributed by atoms with Gasteiger partial charge in [0, 0.05) is 0 Å². The van der Waals surface area contributed by atoms with Gasteiger partial charge in [-0.2, -0.15) is 0 Å². The molecule has 0 saturated heterocycles. The van der Waals surface area contributed by atoms with Gasteiger partial charge in [-0.15, -0.1) is 0 Å². The normalized spacial score (nSPS) is 8.00. The van der Waals surface area contributed by atoms with E-state index in [1.807, 2.05) is 27.7 Å². The summed E-state index contributed by atoms with van der Waals surface area (Å²) in [6.07, 6.45) is 0. The molecular formula is C6H18N2Pt+2. The topological polar surface area (TPSA) is 52.0 Å². The van der Waals surface area contributed by atoms with Crippen molar-refractivity contribution < 1.29 is 21.1 Å². The van der Waals surface area contributed by atoms with Gasteiger partial charge in [0.15, 0.2) is 0 Å². The molecule has 0 spiro atoms. The van der Waals surface area contributed by atoms with Crippen LogP contribution in [-0.2, 0) is 21.1 Å². The van der Waals surface area contributed by atoms with Gasteiger partial charge in [-0.25, -0.2) is 0 Å². The molecule has 0 radical (unpaired) electrons. The third-order valence-corrected chi connectivity index (χ3v) is 0. The van der Waals surface area contributed by atoms with Crippen molar-refractivity contribution in [2.45, 2.75) is 39.8 Å². The van der Waals surface area contributed by atoms with Crippen molar-refractivity contribution in [1.82, 2.24) is 0 Å². The molecule has 4 N–H and O–H groups in total. The van der Waals surface area contributed by atoms with Crippen molar-refractivity contribution in [3.63, 3.8) is 0 Å². The largest absolute Gasteiger partial charge is 2.00 e. The average Bonchev–Trinajstić information content (AvgIpc) is 1.25. The van der Waals surface area contributed by atoms with Gasteiger partial charge in [0.25, 0.3) is 0 Å². The van der Waals surface area contributed by atoms with E-state index < -0.39 is 0 Å². The zero-order valence-electron chi connectivity index (χ0n) is 6.63. The van der Waals surface area contributed by atoms with Crippen LogP contribution in [0.1, 0.15) is 27.7 Å². The summed E-state index contributed by atoms with van der Waals surface area (Å²) in [4.78, 5) is 0. The van der Waals surface area contributed by atoms with Crippen molar-refractivity contribution in [1.29, 1.82) is 0 Å². The molecule has 0 aromatic rings. The Kier molecular flexibility index (Phi) is 20.7. The number of rotatable bonds is 0. The Balaban J connectivity index is -0.0000000720. The minimum absolute atomic E-state index is 0. The fourth-order valence-electron chi connectivity index (χ4n) is 0. The standard InChI is InChI=1S/2C3H9N.Pt/c2*1-3(2)4;/h2*3H,4H2,1-2H3;/q;;+2. The molecule has 0 rings (SSSR count). The van der Waals surface area contributed by atoms with Gasteiger partial charge in [-0.05, 0) is 12.1 Å². The summed E-state index contributed by atoms with van der Waals surface area (Å²) < 4.78 is 0. The molecule has 0 aromatic heterocycles. The first-order valence-electron chi connectivity index (χ1n) is 2.98. The van der Waals surface area contributed by atoms with Crippen LogP contribution in [0.15, 0.2) is 0 Å². The first-order chi connectivity index (χ1) is 3.46. The summed E-state index contributed by atoms with van der Waals surface area (Å²) in [6.45, 7) is 7.78. The monoisotopic (exact) mass is 313 g/mol. The number of nitrogens with two attached hydrogens (primary N) is 2. The molecule has 0 atom stereocenters. The molecule has 0 fully saturated rings. The summed E-state index contributed by atoms with van der Waals surface area (Å²) >= 11 is 0.